The lowest BCUT2D eigenvalue weighted by Gasteiger charge is -2.33. The van der Waals surface area contributed by atoms with Crippen molar-refractivity contribution in [1.82, 2.24) is 15.5 Å². The molecule has 9 nitrogen and oxygen atoms in total. The number of nitrogens with one attached hydrogen (secondary N) is 2. The maximum absolute atomic E-state index is 13.2. The van der Waals surface area contributed by atoms with Crippen LogP contribution in [0, 0.1) is 0 Å². The molecule has 0 saturated carbocycles. The Bertz CT molecular complexity index is 1060. The Balaban J connectivity index is 0.00000507. The van der Waals surface area contributed by atoms with Gasteiger partial charge in [0, 0.05) is 32.6 Å². The monoisotopic (exact) mass is 660 g/mol. The molecule has 0 radical (unpaired) electrons. The minimum absolute atomic E-state index is 0. The zero-order valence-electron chi connectivity index (χ0n) is 22.1. The Morgan fingerprint density at radius 1 is 1.12 bits per heavy atom. The average molecular weight is 663 g/mol. The third-order valence-corrected chi connectivity index (χ3v) is 6.70. The largest absolute Gasteiger partial charge is 0.505 e. The average Bonchev–Trinajstić information content (AvgIpc) is 2.90. The van der Waals surface area contributed by atoms with E-state index in [1.807, 2.05) is 42.2 Å². The summed E-state index contributed by atoms with van der Waals surface area (Å²) >= 11 is 12.6. The van der Waals surface area contributed by atoms with Crippen molar-refractivity contribution in [2.75, 3.05) is 39.3 Å². The Hall–Kier alpha value is -1.69. The fourth-order valence-electron chi connectivity index (χ4n) is 3.97. The quantitative estimate of drug-likeness (QED) is 0.197. The number of piperazine rings is 1. The van der Waals surface area contributed by atoms with Crippen LogP contribution >= 0.6 is 60.4 Å². The van der Waals surface area contributed by atoms with Crippen LogP contribution in [0.1, 0.15) is 35.7 Å². The van der Waals surface area contributed by atoms with Crippen LogP contribution in [0.2, 0.25) is 10.0 Å². The van der Waals surface area contributed by atoms with E-state index in [-0.39, 0.29) is 65.0 Å². The summed E-state index contributed by atoms with van der Waals surface area (Å²) in [5.74, 6) is -1.71. The molecule has 0 bridgehead atoms. The Morgan fingerprint density at radius 2 is 1.77 bits per heavy atom. The fraction of sp³-hybridized carbons (Fsp3) is 0.462. The fourth-order valence-corrected chi connectivity index (χ4v) is 4.53. The molecule has 0 aromatic heterocycles. The van der Waals surface area contributed by atoms with Crippen molar-refractivity contribution < 1.29 is 24.2 Å². The molecule has 1 heterocycles. The second-order valence-corrected chi connectivity index (χ2v) is 9.57. The summed E-state index contributed by atoms with van der Waals surface area (Å²) < 4.78 is 11.3. The van der Waals surface area contributed by atoms with Crippen molar-refractivity contribution in [3.63, 3.8) is 0 Å². The number of nitrogens with zero attached hydrogens (tertiary/aromatic N) is 1. The van der Waals surface area contributed by atoms with Gasteiger partial charge in [0.05, 0.1) is 17.2 Å². The molecule has 1 amide bonds. The van der Waals surface area contributed by atoms with Gasteiger partial charge in [0.25, 0.3) is 5.91 Å². The number of hydrogen-bond acceptors (Lipinski definition) is 8. The number of amides is 1. The summed E-state index contributed by atoms with van der Waals surface area (Å²) in [5.41, 5.74) is 6.15. The standard InChI is InChI=1S/C26H34Cl2N4O5.3ClH/c1-17(32-12-10-30-11-13-32)37-26(35)21(15-18-7-3-2-4-8-18)31-25(34)19-16-20(27)24(22(28)23(19)33)36-14-6-5-9-29;;;/h2-4,7-8,16-17,21,30,33H,5-6,9-15,29H2,1H3,(H,31,34);3*1H/t17?,21-;;;/m0.../s1. The van der Waals surface area contributed by atoms with E-state index in [2.05, 4.69) is 10.6 Å². The van der Waals surface area contributed by atoms with E-state index < -0.39 is 29.9 Å². The first kappa shape index (κ1) is 38.3. The van der Waals surface area contributed by atoms with Gasteiger partial charge in [-0.2, -0.15) is 0 Å². The third kappa shape index (κ3) is 10.9. The number of aromatic hydroxyl groups is 1. The zero-order chi connectivity index (χ0) is 26.8. The van der Waals surface area contributed by atoms with Crippen LogP contribution in [-0.4, -0.2) is 73.5 Å². The lowest BCUT2D eigenvalue weighted by atomic mass is 10.0. The van der Waals surface area contributed by atoms with E-state index in [4.69, 9.17) is 38.4 Å². The van der Waals surface area contributed by atoms with E-state index in [1.54, 1.807) is 0 Å². The highest BCUT2D eigenvalue weighted by Gasteiger charge is 2.29. The van der Waals surface area contributed by atoms with E-state index in [9.17, 15) is 14.7 Å². The van der Waals surface area contributed by atoms with Crippen LogP contribution in [0.15, 0.2) is 36.4 Å². The number of ether oxygens (including phenoxy) is 2. The minimum Gasteiger partial charge on any atom is -0.505 e. The van der Waals surface area contributed by atoms with Crippen molar-refractivity contribution in [2.45, 2.75) is 38.5 Å². The van der Waals surface area contributed by atoms with Crippen molar-refractivity contribution in [3.05, 3.63) is 57.6 Å². The van der Waals surface area contributed by atoms with Crippen molar-refractivity contribution in [3.8, 4) is 11.5 Å². The molecule has 14 heteroatoms. The molecule has 1 saturated heterocycles. The van der Waals surface area contributed by atoms with Crippen LogP contribution in [0.3, 0.4) is 0 Å². The van der Waals surface area contributed by atoms with Crippen molar-refractivity contribution >= 4 is 72.3 Å². The smallest absolute Gasteiger partial charge is 0.330 e. The maximum atomic E-state index is 13.2. The SMILES string of the molecule is CC(OC(=O)[C@H](Cc1ccccc1)NC(=O)c1cc(Cl)c(OCCCCN)c(Cl)c1O)N1CCNCC1.Cl.Cl.Cl. The number of phenolic OH excluding ortho intramolecular Hbond substituents is 1. The topological polar surface area (TPSA) is 126 Å². The summed E-state index contributed by atoms with van der Waals surface area (Å²) in [7, 11) is 0. The Morgan fingerprint density at radius 3 is 2.40 bits per heavy atom. The van der Waals surface area contributed by atoms with E-state index in [1.165, 1.54) is 6.07 Å². The van der Waals surface area contributed by atoms with Crippen LogP contribution in [-0.2, 0) is 16.0 Å². The molecule has 2 aromatic rings. The van der Waals surface area contributed by atoms with Crippen LogP contribution < -0.4 is 21.1 Å². The second-order valence-electron chi connectivity index (χ2n) is 8.78. The first-order valence-electron chi connectivity index (χ1n) is 12.4. The van der Waals surface area contributed by atoms with Gasteiger partial charge < -0.3 is 30.9 Å². The number of carbonyl (C=O) groups is 2. The Kier molecular flexibility index (Phi) is 18.6. The van der Waals surface area contributed by atoms with E-state index in [0.29, 0.717) is 19.6 Å². The summed E-state index contributed by atoms with van der Waals surface area (Å²) in [4.78, 5) is 28.4. The molecule has 1 aliphatic rings. The summed E-state index contributed by atoms with van der Waals surface area (Å²) in [6.07, 6.45) is 1.18. The molecule has 5 N–H and O–H groups in total. The number of hydrogen-bond donors (Lipinski definition) is 4. The van der Waals surface area contributed by atoms with Gasteiger partial charge >= 0.3 is 5.97 Å². The molecule has 1 fully saturated rings. The van der Waals surface area contributed by atoms with Gasteiger partial charge in [-0.1, -0.05) is 53.5 Å². The molecular weight excluding hydrogens is 626 g/mol. The molecule has 3 rings (SSSR count). The zero-order valence-corrected chi connectivity index (χ0v) is 26.0. The lowest BCUT2D eigenvalue weighted by Crippen LogP contribution is -2.51. The number of carbonyl (C=O) groups excluding carboxylic acids is 2. The molecule has 1 aliphatic heterocycles. The molecule has 226 valence electrons. The predicted molar refractivity (Wildman–Crippen MR) is 165 cm³/mol. The first-order chi connectivity index (χ1) is 17.8. The molecular formula is C26H37Cl5N4O5. The number of benzene rings is 2. The lowest BCUT2D eigenvalue weighted by molar-refractivity contribution is -0.160. The van der Waals surface area contributed by atoms with Gasteiger partial charge in [0.15, 0.2) is 17.7 Å². The molecule has 2 atom stereocenters. The van der Waals surface area contributed by atoms with Gasteiger partial charge in [-0.05, 0) is 37.9 Å². The summed E-state index contributed by atoms with van der Waals surface area (Å²) in [5, 5.41) is 16.5. The van der Waals surface area contributed by atoms with E-state index in [0.717, 1.165) is 38.2 Å². The molecule has 2 aromatic carbocycles. The van der Waals surface area contributed by atoms with Crippen LogP contribution in [0.5, 0.6) is 11.5 Å². The van der Waals surface area contributed by atoms with Crippen LogP contribution in [0.4, 0.5) is 0 Å². The van der Waals surface area contributed by atoms with Gasteiger partial charge in [-0.25, -0.2) is 4.79 Å². The highest BCUT2D eigenvalue weighted by molar-refractivity contribution is 6.39. The number of unbranched alkanes of at least 4 members (excludes halogenated alkanes) is 1. The Labute approximate surface area is 263 Å². The summed E-state index contributed by atoms with van der Waals surface area (Å²) in [6.45, 7) is 5.74. The number of halogens is 5. The van der Waals surface area contributed by atoms with E-state index >= 15 is 0 Å². The highest BCUT2D eigenvalue weighted by atomic mass is 35.5. The van der Waals surface area contributed by atoms with Gasteiger partial charge in [-0.15, -0.1) is 37.2 Å². The molecule has 1 unspecified atom stereocenters. The normalized spacial score (nSPS) is 14.4. The first-order valence-corrected chi connectivity index (χ1v) is 13.1. The number of nitrogens with two attached hydrogens (primary N) is 1. The van der Waals surface area contributed by atoms with Gasteiger partial charge in [0.2, 0.25) is 0 Å². The number of esters is 1. The highest BCUT2D eigenvalue weighted by Crippen LogP contribution is 2.42. The second kappa shape index (κ2) is 19.4. The van der Waals surface area contributed by atoms with Crippen molar-refractivity contribution in [1.29, 1.82) is 0 Å². The minimum atomic E-state index is -1.01. The summed E-state index contributed by atoms with van der Waals surface area (Å²) in [6, 6.07) is 9.53. The molecule has 0 aliphatic carbocycles. The maximum Gasteiger partial charge on any atom is 0.330 e. The van der Waals surface area contributed by atoms with Crippen LogP contribution in [0.25, 0.3) is 0 Å². The van der Waals surface area contributed by atoms with Gasteiger partial charge in [-0.3, -0.25) is 9.69 Å². The third-order valence-electron chi connectivity index (χ3n) is 6.06. The van der Waals surface area contributed by atoms with Crippen molar-refractivity contribution in [2.24, 2.45) is 5.73 Å². The molecule has 40 heavy (non-hydrogen) atoms. The number of phenols is 1. The number of rotatable bonds is 12. The predicted octanol–water partition coefficient (Wildman–Crippen LogP) is 4.22. The van der Waals surface area contributed by atoms with Gasteiger partial charge in [0.1, 0.15) is 11.1 Å². The molecule has 0 spiro atoms.